The van der Waals surface area contributed by atoms with E-state index in [1.54, 1.807) is 18.3 Å². The van der Waals surface area contributed by atoms with Crippen molar-refractivity contribution in [2.45, 2.75) is 19.9 Å². The number of carbonyl (C=O) groups excluding carboxylic acids is 1. The molecule has 3 rings (SSSR count). The average molecular weight is 347 g/mol. The second-order valence-corrected chi connectivity index (χ2v) is 6.02. The van der Waals surface area contributed by atoms with Crippen LogP contribution in [0.25, 0.3) is 0 Å². The van der Waals surface area contributed by atoms with Crippen molar-refractivity contribution >= 4 is 11.7 Å². The van der Waals surface area contributed by atoms with Gasteiger partial charge in [-0.1, -0.05) is 18.2 Å². The number of anilines is 1. The minimum atomic E-state index is -0.282. The number of carbonyl (C=O) groups is 1. The van der Waals surface area contributed by atoms with Crippen molar-refractivity contribution in [2.24, 2.45) is 0 Å². The quantitative estimate of drug-likeness (QED) is 0.678. The van der Waals surface area contributed by atoms with Crippen LogP contribution in [0.5, 0.6) is 11.5 Å². The van der Waals surface area contributed by atoms with Gasteiger partial charge >= 0.3 is 6.03 Å². The first-order chi connectivity index (χ1) is 12.6. The summed E-state index contributed by atoms with van der Waals surface area (Å²) in [5.74, 6) is 1.50. The van der Waals surface area contributed by atoms with E-state index in [1.165, 1.54) is 0 Å². The summed E-state index contributed by atoms with van der Waals surface area (Å²) in [5, 5.41) is 5.67. The van der Waals surface area contributed by atoms with E-state index in [-0.39, 0.29) is 12.1 Å². The van der Waals surface area contributed by atoms with Crippen molar-refractivity contribution in [1.82, 2.24) is 10.3 Å². The highest BCUT2D eigenvalue weighted by Crippen LogP contribution is 2.23. The SMILES string of the molecule is Cc1cccc(Oc2ccc(NC(=O)NC(C)c3ccccn3)cc2)c1. The van der Waals surface area contributed by atoms with Crippen LogP contribution in [0.4, 0.5) is 10.5 Å². The predicted octanol–water partition coefficient (Wildman–Crippen LogP) is 5.07. The smallest absolute Gasteiger partial charge is 0.319 e. The van der Waals surface area contributed by atoms with Gasteiger partial charge < -0.3 is 15.4 Å². The molecule has 2 N–H and O–H groups in total. The van der Waals surface area contributed by atoms with Crippen LogP contribution in [0.1, 0.15) is 24.2 Å². The van der Waals surface area contributed by atoms with Crippen LogP contribution in [0.3, 0.4) is 0 Å². The van der Waals surface area contributed by atoms with E-state index < -0.39 is 0 Å². The topological polar surface area (TPSA) is 63.2 Å². The molecule has 2 amide bonds. The van der Waals surface area contributed by atoms with Gasteiger partial charge in [-0.2, -0.15) is 0 Å². The Balaban J connectivity index is 1.56. The molecule has 3 aromatic rings. The first kappa shape index (κ1) is 17.5. The lowest BCUT2D eigenvalue weighted by Crippen LogP contribution is -2.31. The summed E-state index contributed by atoms with van der Waals surface area (Å²) in [6, 6.07) is 20.2. The number of urea groups is 1. The van der Waals surface area contributed by atoms with Gasteiger partial charge in [0.2, 0.25) is 0 Å². The van der Waals surface area contributed by atoms with E-state index in [0.717, 1.165) is 17.0 Å². The number of ether oxygens (including phenoxy) is 1. The maximum atomic E-state index is 12.1. The highest BCUT2D eigenvalue weighted by Gasteiger charge is 2.10. The van der Waals surface area contributed by atoms with Crippen molar-refractivity contribution in [3.63, 3.8) is 0 Å². The zero-order chi connectivity index (χ0) is 18.4. The molecule has 1 unspecified atom stereocenters. The Bertz CT molecular complexity index is 864. The van der Waals surface area contributed by atoms with Crippen LogP contribution in [0.15, 0.2) is 72.9 Å². The Morgan fingerprint density at radius 2 is 1.81 bits per heavy atom. The molecule has 26 heavy (non-hydrogen) atoms. The molecule has 0 saturated carbocycles. The fourth-order valence-electron chi connectivity index (χ4n) is 2.49. The maximum absolute atomic E-state index is 12.1. The van der Waals surface area contributed by atoms with Crippen LogP contribution >= 0.6 is 0 Å². The van der Waals surface area contributed by atoms with Gasteiger partial charge in [-0.25, -0.2) is 4.79 Å². The van der Waals surface area contributed by atoms with Crippen molar-refractivity contribution in [3.05, 3.63) is 84.2 Å². The summed E-state index contributed by atoms with van der Waals surface area (Å²) in [5.41, 5.74) is 2.64. The number of aryl methyl sites for hydroxylation is 1. The highest BCUT2D eigenvalue weighted by atomic mass is 16.5. The number of aromatic nitrogens is 1. The number of benzene rings is 2. The molecule has 2 aromatic carbocycles. The average Bonchev–Trinajstić information content (AvgIpc) is 2.64. The van der Waals surface area contributed by atoms with Crippen LogP contribution in [0, 0.1) is 6.92 Å². The summed E-state index contributed by atoms with van der Waals surface area (Å²) in [4.78, 5) is 16.4. The molecular weight excluding hydrogens is 326 g/mol. The summed E-state index contributed by atoms with van der Waals surface area (Å²) >= 11 is 0. The standard InChI is InChI=1S/C21H21N3O2/c1-15-6-5-7-19(14-15)26-18-11-9-17(10-12-18)24-21(25)23-16(2)20-8-3-4-13-22-20/h3-14,16H,1-2H3,(H2,23,24,25). The van der Waals surface area contributed by atoms with Gasteiger partial charge in [0.1, 0.15) is 11.5 Å². The normalized spacial score (nSPS) is 11.5. The first-order valence-electron chi connectivity index (χ1n) is 8.43. The number of nitrogens with one attached hydrogen (secondary N) is 2. The van der Waals surface area contributed by atoms with Gasteiger partial charge in [-0.15, -0.1) is 0 Å². The van der Waals surface area contributed by atoms with Gasteiger partial charge in [-0.3, -0.25) is 4.98 Å². The zero-order valence-electron chi connectivity index (χ0n) is 14.8. The van der Waals surface area contributed by atoms with Gasteiger partial charge in [0.25, 0.3) is 0 Å². The van der Waals surface area contributed by atoms with Crippen LogP contribution in [0.2, 0.25) is 0 Å². The van der Waals surface area contributed by atoms with Crippen molar-refractivity contribution in [1.29, 1.82) is 0 Å². The lowest BCUT2D eigenvalue weighted by atomic mass is 10.2. The number of pyridine rings is 1. The molecular formula is C21H21N3O2. The molecule has 0 aliphatic carbocycles. The van der Waals surface area contributed by atoms with Crippen molar-refractivity contribution in [3.8, 4) is 11.5 Å². The summed E-state index contributed by atoms with van der Waals surface area (Å²) in [7, 11) is 0. The lowest BCUT2D eigenvalue weighted by molar-refractivity contribution is 0.249. The van der Waals surface area contributed by atoms with E-state index in [9.17, 15) is 4.79 Å². The van der Waals surface area contributed by atoms with Gasteiger partial charge in [0.15, 0.2) is 0 Å². The van der Waals surface area contributed by atoms with E-state index >= 15 is 0 Å². The maximum Gasteiger partial charge on any atom is 0.319 e. The minimum absolute atomic E-state index is 0.180. The fraction of sp³-hybridized carbons (Fsp3) is 0.143. The molecule has 0 fully saturated rings. The minimum Gasteiger partial charge on any atom is -0.457 e. The molecule has 5 heteroatoms. The lowest BCUT2D eigenvalue weighted by Gasteiger charge is -2.14. The molecule has 1 heterocycles. The second-order valence-electron chi connectivity index (χ2n) is 6.02. The van der Waals surface area contributed by atoms with Gasteiger partial charge in [0.05, 0.1) is 11.7 Å². The van der Waals surface area contributed by atoms with E-state index in [2.05, 4.69) is 15.6 Å². The summed E-state index contributed by atoms with van der Waals surface area (Å²) < 4.78 is 5.80. The molecule has 0 bridgehead atoms. The second kappa shape index (κ2) is 8.16. The Kier molecular flexibility index (Phi) is 5.49. The molecule has 1 atom stereocenters. The van der Waals surface area contributed by atoms with Crippen LogP contribution < -0.4 is 15.4 Å². The Hall–Kier alpha value is -3.34. The van der Waals surface area contributed by atoms with Crippen molar-refractivity contribution < 1.29 is 9.53 Å². The van der Waals surface area contributed by atoms with Crippen molar-refractivity contribution in [2.75, 3.05) is 5.32 Å². The molecule has 0 aliphatic rings. The summed E-state index contributed by atoms with van der Waals surface area (Å²) in [6.45, 7) is 3.91. The third-order valence-electron chi connectivity index (χ3n) is 3.82. The zero-order valence-corrected chi connectivity index (χ0v) is 14.8. The number of hydrogen-bond donors (Lipinski definition) is 2. The van der Waals surface area contributed by atoms with E-state index in [0.29, 0.717) is 11.4 Å². The number of amides is 2. The third kappa shape index (κ3) is 4.83. The molecule has 1 aromatic heterocycles. The fourth-order valence-corrected chi connectivity index (χ4v) is 2.49. The third-order valence-corrected chi connectivity index (χ3v) is 3.82. The number of hydrogen-bond acceptors (Lipinski definition) is 3. The molecule has 0 spiro atoms. The molecule has 0 radical (unpaired) electrons. The van der Waals surface area contributed by atoms with Gasteiger partial charge in [0, 0.05) is 11.9 Å². The Morgan fingerprint density at radius 1 is 1.00 bits per heavy atom. The summed E-state index contributed by atoms with van der Waals surface area (Å²) in [6.07, 6.45) is 1.71. The number of nitrogens with zero attached hydrogens (tertiary/aromatic N) is 1. The Labute approximate surface area is 153 Å². The Morgan fingerprint density at radius 3 is 2.50 bits per heavy atom. The molecule has 0 aliphatic heterocycles. The largest absolute Gasteiger partial charge is 0.457 e. The molecule has 132 valence electrons. The number of rotatable bonds is 5. The molecule has 0 saturated heterocycles. The van der Waals surface area contributed by atoms with Crippen LogP contribution in [-0.4, -0.2) is 11.0 Å². The predicted molar refractivity (Wildman–Crippen MR) is 103 cm³/mol. The van der Waals surface area contributed by atoms with E-state index in [1.807, 2.05) is 68.4 Å². The van der Waals surface area contributed by atoms with Gasteiger partial charge in [-0.05, 0) is 67.9 Å². The van der Waals surface area contributed by atoms with E-state index in [4.69, 9.17) is 4.74 Å². The van der Waals surface area contributed by atoms with Crippen LogP contribution in [-0.2, 0) is 0 Å². The first-order valence-corrected chi connectivity index (χ1v) is 8.43. The molecule has 5 nitrogen and oxygen atoms in total. The highest BCUT2D eigenvalue weighted by molar-refractivity contribution is 5.89. The monoisotopic (exact) mass is 347 g/mol.